The maximum absolute atomic E-state index is 8.98. The van der Waals surface area contributed by atoms with Gasteiger partial charge in [0.25, 0.3) is 0 Å². The van der Waals surface area contributed by atoms with Crippen molar-refractivity contribution in [3.05, 3.63) is 28.2 Å². The number of rotatable bonds is 4. The van der Waals surface area contributed by atoms with Crippen LogP contribution in [0.25, 0.3) is 0 Å². The molecule has 1 aliphatic heterocycles. The largest absolute Gasteiger partial charge is 0.365 e. The zero-order chi connectivity index (χ0) is 14.5. The summed E-state index contributed by atoms with van der Waals surface area (Å²) in [6.07, 6.45) is -0.337. The fourth-order valence-corrected chi connectivity index (χ4v) is 3.07. The summed E-state index contributed by atoms with van der Waals surface area (Å²) < 4.78 is 6.45. The van der Waals surface area contributed by atoms with Gasteiger partial charge in [-0.2, -0.15) is 5.26 Å². The van der Waals surface area contributed by atoms with E-state index in [1.807, 2.05) is 0 Å². The van der Waals surface area contributed by atoms with E-state index >= 15 is 0 Å². The van der Waals surface area contributed by atoms with Crippen molar-refractivity contribution in [1.29, 1.82) is 5.26 Å². The molecule has 0 bridgehead atoms. The first-order valence-electron chi connectivity index (χ1n) is 6.94. The first kappa shape index (κ1) is 15.3. The van der Waals surface area contributed by atoms with Crippen molar-refractivity contribution in [2.45, 2.75) is 26.0 Å². The lowest BCUT2D eigenvalue weighted by molar-refractivity contribution is 0.0764. The standard InChI is InChI=1S/C15H20BrN3O/c1-3-18-11(2)12-4-5-15(14(16)8-12)19-6-7-20-13(9-17)10-19/h4-5,8,11,13,18H,3,6-7,10H2,1-2H3. The fourth-order valence-electron chi connectivity index (χ4n) is 2.42. The molecule has 1 aliphatic rings. The minimum Gasteiger partial charge on any atom is -0.365 e. The summed E-state index contributed by atoms with van der Waals surface area (Å²) in [7, 11) is 0. The Morgan fingerprint density at radius 1 is 1.60 bits per heavy atom. The van der Waals surface area contributed by atoms with Crippen molar-refractivity contribution in [3.63, 3.8) is 0 Å². The molecule has 1 fully saturated rings. The van der Waals surface area contributed by atoms with Gasteiger partial charge in [-0.25, -0.2) is 0 Å². The third kappa shape index (κ3) is 3.51. The Labute approximate surface area is 128 Å². The van der Waals surface area contributed by atoms with Gasteiger partial charge in [0.2, 0.25) is 0 Å². The zero-order valence-electron chi connectivity index (χ0n) is 11.9. The predicted octanol–water partition coefficient (Wildman–Crippen LogP) is 2.85. The summed E-state index contributed by atoms with van der Waals surface area (Å²) in [5.74, 6) is 0. The summed E-state index contributed by atoms with van der Waals surface area (Å²) in [5.41, 5.74) is 2.38. The fraction of sp³-hybridized carbons (Fsp3) is 0.533. The van der Waals surface area contributed by atoms with Crippen LogP contribution in [0.15, 0.2) is 22.7 Å². The van der Waals surface area contributed by atoms with Gasteiger partial charge >= 0.3 is 0 Å². The van der Waals surface area contributed by atoms with E-state index in [0.717, 1.165) is 23.2 Å². The number of nitrogens with zero attached hydrogens (tertiary/aromatic N) is 2. The third-order valence-electron chi connectivity index (χ3n) is 3.53. The van der Waals surface area contributed by atoms with Crippen LogP contribution in [0.1, 0.15) is 25.5 Å². The molecule has 1 saturated heterocycles. The lowest BCUT2D eigenvalue weighted by atomic mass is 10.1. The Balaban J connectivity index is 2.15. The van der Waals surface area contributed by atoms with Crippen molar-refractivity contribution in [1.82, 2.24) is 5.32 Å². The molecule has 0 spiro atoms. The molecule has 0 aliphatic carbocycles. The van der Waals surface area contributed by atoms with Crippen molar-refractivity contribution in [3.8, 4) is 6.07 Å². The average molecular weight is 338 g/mol. The minimum absolute atomic E-state index is 0.335. The zero-order valence-corrected chi connectivity index (χ0v) is 13.5. The number of hydrogen-bond acceptors (Lipinski definition) is 4. The van der Waals surface area contributed by atoms with Crippen LogP contribution in [0.3, 0.4) is 0 Å². The van der Waals surface area contributed by atoms with E-state index in [0.29, 0.717) is 19.2 Å². The molecular formula is C15H20BrN3O. The topological polar surface area (TPSA) is 48.3 Å². The number of hydrogen-bond donors (Lipinski definition) is 1. The van der Waals surface area contributed by atoms with Crippen LogP contribution in [-0.2, 0) is 4.74 Å². The average Bonchev–Trinajstić information content (AvgIpc) is 2.47. The summed E-state index contributed by atoms with van der Waals surface area (Å²) in [5, 5.41) is 12.4. The highest BCUT2D eigenvalue weighted by Gasteiger charge is 2.21. The second-order valence-corrected chi connectivity index (χ2v) is 5.78. The van der Waals surface area contributed by atoms with E-state index in [-0.39, 0.29) is 6.10 Å². The molecule has 0 radical (unpaired) electrons. The Hall–Kier alpha value is -1.09. The van der Waals surface area contributed by atoms with Crippen LogP contribution < -0.4 is 10.2 Å². The molecule has 2 rings (SSSR count). The molecule has 0 saturated carbocycles. The number of morpholine rings is 1. The lowest BCUT2D eigenvalue weighted by Gasteiger charge is -2.32. The van der Waals surface area contributed by atoms with Crippen LogP contribution in [0.4, 0.5) is 5.69 Å². The number of ether oxygens (including phenoxy) is 1. The molecule has 108 valence electrons. The van der Waals surface area contributed by atoms with Gasteiger partial charge in [0.15, 0.2) is 6.10 Å². The monoisotopic (exact) mass is 337 g/mol. The number of nitriles is 1. The van der Waals surface area contributed by atoms with Crippen LogP contribution in [0.5, 0.6) is 0 Å². The molecule has 20 heavy (non-hydrogen) atoms. The highest BCUT2D eigenvalue weighted by molar-refractivity contribution is 9.10. The van der Waals surface area contributed by atoms with Crippen molar-refractivity contribution >= 4 is 21.6 Å². The number of benzene rings is 1. The lowest BCUT2D eigenvalue weighted by Crippen LogP contribution is -2.42. The molecule has 0 aromatic heterocycles. The van der Waals surface area contributed by atoms with Gasteiger partial charge < -0.3 is 15.0 Å². The number of halogens is 1. The van der Waals surface area contributed by atoms with E-state index in [1.54, 1.807) is 0 Å². The summed E-state index contributed by atoms with van der Waals surface area (Å²) >= 11 is 3.65. The molecule has 2 unspecified atom stereocenters. The van der Waals surface area contributed by atoms with Crippen LogP contribution >= 0.6 is 15.9 Å². The maximum atomic E-state index is 8.98. The first-order valence-corrected chi connectivity index (χ1v) is 7.74. The molecular weight excluding hydrogens is 318 g/mol. The Kier molecular flexibility index (Phi) is 5.41. The summed E-state index contributed by atoms with van der Waals surface area (Å²) in [6, 6.07) is 8.93. The van der Waals surface area contributed by atoms with Crippen LogP contribution in [-0.4, -0.2) is 32.3 Å². The molecule has 1 aromatic rings. The Bertz CT molecular complexity index is 500. The van der Waals surface area contributed by atoms with E-state index < -0.39 is 0 Å². The van der Waals surface area contributed by atoms with Gasteiger partial charge in [0.1, 0.15) is 0 Å². The van der Waals surface area contributed by atoms with Crippen LogP contribution in [0, 0.1) is 11.3 Å². The number of nitrogens with one attached hydrogen (secondary N) is 1. The van der Waals surface area contributed by atoms with E-state index in [4.69, 9.17) is 10.00 Å². The Morgan fingerprint density at radius 2 is 2.40 bits per heavy atom. The van der Waals surface area contributed by atoms with E-state index in [2.05, 4.69) is 64.3 Å². The summed E-state index contributed by atoms with van der Waals surface area (Å²) in [6.45, 7) is 7.26. The second-order valence-electron chi connectivity index (χ2n) is 4.92. The first-order chi connectivity index (χ1) is 9.65. The van der Waals surface area contributed by atoms with Gasteiger partial charge in [0.05, 0.1) is 24.9 Å². The summed E-state index contributed by atoms with van der Waals surface area (Å²) in [4.78, 5) is 2.20. The van der Waals surface area contributed by atoms with Crippen molar-refractivity contribution in [2.75, 3.05) is 31.1 Å². The van der Waals surface area contributed by atoms with Crippen molar-refractivity contribution < 1.29 is 4.74 Å². The smallest absolute Gasteiger partial charge is 0.161 e. The minimum atomic E-state index is -0.337. The Morgan fingerprint density at radius 3 is 3.05 bits per heavy atom. The molecule has 4 nitrogen and oxygen atoms in total. The predicted molar refractivity (Wildman–Crippen MR) is 83.8 cm³/mol. The quantitative estimate of drug-likeness (QED) is 0.917. The molecule has 5 heteroatoms. The van der Waals surface area contributed by atoms with Gasteiger partial charge in [-0.1, -0.05) is 13.0 Å². The second kappa shape index (κ2) is 7.07. The maximum Gasteiger partial charge on any atom is 0.161 e. The van der Waals surface area contributed by atoms with Crippen molar-refractivity contribution in [2.24, 2.45) is 0 Å². The van der Waals surface area contributed by atoms with Crippen LogP contribution in [0.2, 0.25) is 0 Å². The molecule has 1 heterocycles. The molecule has 2 atom stereocenters. The molecule has 0 amide bonds. The van der Waals surface area contributed by atoms with Gasteiger partial charge in [0, 0.05) is 17.1 Å². The molecule has 1 N–H and O–H groups in total. The molecule has 1 aromatic carbocycles. The highest BCUT2D eigenvalue weighted by atomic mass is 79.9. The van der Waals surface area contributed by atoms with E-state index in [9.17, 15) is 0 Å². The van der Waals surface area contributed by atoms with Gasteiger partial charge in [-0.15, -0.1) is 0 Å². The third-order valence-corrected chi connectivity index (χ3v) is 4.17. The van der Waals surface area contributed by atoms with E-state index in [1.165, 1.54) is 5.56 Å². The highest BCUT2D eigenvalue weighted by Crippen LogP contribution is 2.30. The SMILES string of the molecule is CCNC(C)c1ccc(N2CCOC(C#N)C2)c(Br)c1. The number of anilines is 1. The normalized spacial score (nSPS) is 20.5. The van der Waals surface area contributed by atoms with Gasteiger partial charge in [-0.05, 0) is 47.1 Å². The van der Waals surface area contributed by atoms with Gasteiger partial charge in [-0.3, -0.25) is 0 Å².